The van der Waals surface area contributed by atoms with Crippen LogP contribution in [0.1, 0.15) is 56.1 Å². The van der Waals surface area contributed by atoms with E-state index >= 15 is 0 Å². The highest BCUT2D eigenvalue weighted by Crippen LogP contribution is 2.44. The van der Waals surface area contributed by atoms with Gasteiger partial charge in [-0.3, -0.25) is 4.72 Å². The monoisotopic (exact) mass is 574 g/mol. The van der Waals surface area contributed by atoms with Crippen LogP contribution in [0.25, 0.3) is 11.3 Å². The number of hydrogen-bond donors (Lipinski definition) is 1. The SMILES string of the molecule is CC1CCN(c2cccc(S(=O)(=O)Nc3ccc(C(F)(F)F)c(-c4ccccc4C4CCC4)n3)n2)CC1.O=C=O. The standard InChI is InChI=1S/C27H29F3N4O2S.CO2/c1-18-14-16-34(17-15-18)24-10-5-11-25(32-24)37(35,36)33-23-13-12-22(27(28,29)30)26(31-23)21-9-3-2-8-20(21)19-6-4-7-19;2-1-3/h2-3,5,8-13,18-19H,4,6-7,14-17H2,1H3,(H,31,33);. The van der Waals surface area contributed by atoms with Crippen molar-refractivity contribution in [3.05, 3.63) is 65.7 Å². The molecule has 1 aromatic carbocycles. The Morgan fingerprint density at radius 2 is 1.60 bits per heavy atom. The van der Waals surface area contributed by atoms with Crippen LogP contribution < -0.4 is 9.62 Å². The van der Waals surface area contributed by atoms with Crippen molar-refractivity contribution in [2.75, 3.05) is 22.7 Å². The summed E-state index contributed by atoms with van der Waals surface area (Å²) in [6.07, 6.45) is 0.440. The van der Waals surface area contributed by atoms with Crippen molar-refractivity contribution in [1.29, 1.82) is 0 Å². The van der Waals surface area contributed by atoms with Crippen molar-refractivity contribution in [1.82, 2.24) is 9.97 Å². The Hall–Kier alpha value is -3.76. The lowest BCUT2D eigenvalue weighted by Gasteiger charge is -2.31. The predicted molar refractivity (Wildman–Crippen MR) is 142 cm³/mol. The number of pyridine rings is 2. The maximum absolute atomic E-state index is 13.9. The molecule has 1 N–H and O–H groups in total. The maximum atomic E-state index is 13.9. The van der Waals surface area contributed by atoms with Gasteiger partial charge in [-0.1, -0.05) is 43.7 Å². The van der Waals surface area contributed by atoms with Crippen molar-refractivity contribution in [2.24, 2.45) is 5.92 Å². The van der Waals surface area contributed by atoms with E-state index in [0.717, 1.165) is 62.9 Å². The van der Waals surface area contributed by atoms with Gasteiger partial charge in [0.05, 0.1) is 11.3 Å². The lowest BCUT2D eigenvalue weighted by atomic mass is 9.77. The first-order valence-electron chi connectivity index (χ1n) is 12.9. The number of carbonyl (C=O) groups excluding carboxylic acids is 2. The van der Waals surface area contributed by atoms with Crippen LogP contribution in [0.2, 0.25) is 0 Å². The number of sulfonamides is 1. The number of piperidine rings is 1. The molecule has 1 aliphatic heterocycles. The van der Waals surface area contributed by atoms with Gasteiger partial charge in [0.25, 0.3) is 10.0 Å². The zero-order valence-corrected chi connectivity index (χ0v) is 22.6. The summed E-state index contributed by atoms with van der Waals surface area (Å²) in [5.41, 5.74) is -0.00184. The van der Waals surface area contributed by atoms with Crippen molar-refractivity contribution >= 4 is 27.8 Å². The van der Waals surface area contributed by atoms with E-state index in [4.69, 9.17) is 9.59 Å². The number of nitrogens with zero attached hydrogens (tertiary/aromatic N) is 3. The molecule has 2 fully saturated rings. The lowest BCUT2D eigenvalue weighted by molar-refractivity contribution is -0.191. The average molecular weight is 575 g/mol. The third kappa shape index (κ3) is 6.68. The Kier molecular flexibility index (Phi) is 8.90. The molecule has 40 heavy (non-hydrogen) atoms. The van der Waals surface area contributed by atoms with E-state index < -0.39 is 21.8 Å². The molecule has 1 aliphatic carbocycles. The first kappa shape index (κ1) is 29.2. The van der Waals surface area contributed by atoms with Gasteiger partial charge in [-0.05, 0) is 67.3 Å². The molecular weight excluding hydrogens is 545 g/mol. The van der Waals surface area contributed by atoms with E-state index in [1.807, 2.05) is 11.0 Å². The first-order chi connectivity index (χ1) is 19.0. The van der Waals surface area contributed by atoms with Gasteiger partial charge >= 0.3 is 12.3 Å². The minimum Gasteiger partial charge on any atom is -0.357 e. The summed E-state index contributed by atoms with van der Waals surface area (Å²) in [5, 5.41) is -0.207. The third-order valence-electron chi connectivity index (χ3n) is 7.29. The summed E-state index contributed by atoms with van der Waals surface area (Å²) >= 11 is 0. The molecule has 2 aromatic heterocycles. The molecule has 1 saturated carbocycles. The van der Waals surface area contributed by atoms with Crippen molar-refractivity contribution in [2.45, 2.75) is 56.1 Å². The zero-order chi connectivity index (χ0) is 28.9. The highest BCUT2D eigenvalue weighted by Gasteiger charge is 2.36. The Bertz CT molecular complexity index is 1480. The van der Waals surface area contributed by atoms with Crippen molar-refractivity contribution in [3.8, 4) is 11.3 Å². The topological polar surface area (TPSA) is 109 Å². The minimum atomic E-state index is -4.64. The van der Waals surface area contributed by atoms with Crippen molar-refractivity contribution in [3.63, 3.8) is 0 Å². The normalized spacial score (nSPS) is 16.4. The smallest absolute Gasteiger partial charge is 0.357 e. The lowest BCUT2D eigenvalue weighted by Crippen LogP contribution is -2.33. The Balaban J connectivity index is 0.00000118. The Morgan fingerprint density at radius 3 is 2.23 bits per heavy atom. The van der Waals surface area contributed by atoms with E-state index in [9.17, 15) is 21.6 Å². The van der Waals surface area contributed by atoms with E-state index in [0.29, 0.717) is 17.3 Å². The fourth-order valence-electron chi connectivity index (χ4n) is 4.90. The molecule has 0 radical (unpaired) electrons. The van der Waals surface area contributed by atoms with Crippen LogP contribution in [-0.2, 0) is 25.8 Å². The molecule has 5 rings (SSSR count). The zero-order valence-electron chi connectivity index (χ0n) is 21.8. The fraction of sp³-hybridized carbons (Fsp3) is 0.393. The number of rotatable bonds is 6. The molecule has 0 spiro atoms. The molecule has 212 valence electrons. The highest BCUT2D eigenvalue weighted by molar-refractivity contribution is 7.92. The summed E-state index contributed by atoms with van der Waals surface area (Å²) in [7, 11) is -4.18. The molecule has 12 heteroatoms. The second-order valence-electron chi connectivity index (χ2n) is 10.00. The largest absolute Gasteiger partial charge is 0.418 e. The molecule has 0 bridgehead atoms. The Morgan fingerprint density at radius 1 is 0.925 bits per heavy atom. The van der Waals surface area contributed by atoms with Gasteiger partial charge in [0.2, 0.25) is 0 Å². The predicted octanol–water partition coefficient (Wildman–Crippen LogP) is 5.88. The second kappa shape index (κ2) is 12.2. The molecular formula is C28H29F3N4O4S. The minimum absolute atomic E-state index is 0.171. The van der Waals surface area contributed by atoms with Crippen LogP contribution in [0.5, 0.6) is 0 Å². The summed E-state index contributed by atoms with van der Waals surface area (Å²) in [6, 6.07) is 13.6. The summed E-state index contributed by atoms with van der Waals surface area (Å²) in [5.74, 6) is 1.15. The number of hydrogen-bond acceptors (Lipinski definition) is 7. The molecule has 3 aromatic rings. The van der Waals surface area contributed by atoms with Gasteiger partial charge in [0.1, 0.15) is 11.6 Å². The second-order valence-corrected chi connectivity index (χ2v) is 11.6. The van der Waals surface area contributed by atoms with E-state index in [2.05, 4.69) is 21.6 Å². The molecule has 0 unspecified atom stereocenters. The average Bonchev–Trinajstić information content (AvgIpc) is 2.88. The van der Waals surface area contributed by atoms with E-state index in [1.165, 1.54) is 6.07 Å². The van der Waals surface area contributed by atoms with Gasteiger partial charge in [0.15, 0.2) is 5.03 Å². The number of benzene rings is 1. The summed E-state index contributed by atoms with van der Waals surface area (Å²) in [4.78, 5) is 26.8. The summed E-state index contributed by atoms with van der Waals surface area (Å²) in [6.45, 7) is 3.76. The maximum Gasteiger partial charge on any atom is 0.418 e. The number of alkyl halides is 3. The van der Waals surface area contributed by atoms with Crippen molar-refractivity contribution < 1.29 is 31.2 Å². The number of halogens is 3. The molecule has 3 heterocycles. The van der Waals surface area contributed by atoms with Gasteiger partial charge in [-0.25, -0.2) is 9.97 Å². The molecule has 8 nitrogen and oxygen atoms in total. The number of anilines is 2. The van der Waals surface area contributed by atoms with Gasteiger partial charge in [-0.2, -0.15) is 31.2 Å². The fourth-order valence-corrected chi connectivity index (χ4v) is 5.86. The van der Waals surface area contributed by atoms with Crippen LogP contribution in [0.3, 0.4) is 0 Å². The van der Waals surface area contributed by atoms with Crippen LogP contribution in [0.4, 0.5) is 24.8 Å². The number of aromatic nitrogens is 2. The van der Waals surface area contributed by atoms with Crippen LogP contribution in [0.15, 0.2) is 59.6 Å². The van der Waals surface area contributed by atoms with Gasteiger partial charge < -0.3 is 4.90 Å². The quantitative estimate of drug-likeness (QED) is 0.391. The highest BCUT2D eigenvalue weighted by atomic mass is 32.2. The number of nitrogens with one attached hydrogen (secondary N) is 1. The van der Waals surface area contributed by atoms with E-state index in [1.54, 1.807) is 30.3 Å². The first-order valence-corrected chi connectivity index (χ1v) is 14.4. The molecule has 2 aliphatic rings. The summed E-state index contributed by atoms with van der Waals surface area (Å²) < 4.78 is 70.6. The van der Waals surface area contributed by atoms with E-state index in [-0.39, 0.29) is 28.6 Å². The molecule has 1 saturated heterocycles. The van der Waals surface area contributed by atoms with Crippen LogP contribution in [0, 0.1) is 5.92 Å². The molecule has 0 amide bonds. The van der Waals surface area contributed by atoms with Gasteiger partial charge in [0, 0.05) is 18.7 Å². The van der Waals surface area contributed by atoms with Crippen LogP contribution in [-0.4, -0.2) is 37.6 Å². The van der Waals surface area contributed by atoms with Gasteiger partial charge in [-0.15, -0.1) is 0 Å². The molecule has 0 atom stereocenters. The third-order valence-corrected chi connectivity index (χ3v) is 8.55. The van der Waals surface area contributed by atoms with Crippen LogP contribution >= 0.6 is 0 Å². The Labute approximate surface area is 230 Å².